The van der Waals surface area contributed by atoms with E-state index < -0.39 is 24.1 Å². The Balaban J connectivity index is 1.98. The number of rotatable bonds is 9. The third-order valence-electron chi connectivity index (χ3n) is 4.72. The smallest absolute Gasteiger partial charge is 0.407 e. The van der Waals surface area contributed by atoms with Gasteiger partial charge in [-0.3, -0.25) is 19.9 Å². The van der Waals surface area contributed by atoms with Crippen LogP contribution in [0, 0.1) is 5.41 Å². The highest BCUT2D eigenvalue weighted by molar-refractivity contribution is 7.09. The molecule has 1 aromatic heterocycles. The van der Waals surface area contributed by atoms with Gasteiger partial charge in [-0.15, -0.1) is 11.3 Å². The lowest BCUT2D eigenvalue weighted by Crippen LogP contribution is -2.45. The van der Waals surface area contributed by atoms with Crippen LogP contribution in [0.4, 0.5) is 4.79 Å². The van der Waals surface area contributed by atoms with Crippen molar-refractivity contribution in [3.8, 4) is 0 Å². The highest BCUT2D eigenvalue weighted by Crippen LogP contribution is 2.33. The van der Waals surface area contributed by atoms with Gasteiger partial charge in [0.25, 0.3) is 5.91 Å². The number of nitrogens with zero attached hydrogens (tertiary/aromatic N) is 2. The lowest BCUT2D eigenvalue weighted by atomic mass is 10.1. The van der Waals surface area contributed by atoms with Crippen LogP contribution in [-0.4, -0.2) is 71.1 Å². The molecule has 1 saturated heterocycles. The summed E-state index contributed by atoms with van der Waals surface area (Å²) in [6, 6.07) is -1.49. The number of nitrogens with two attached hydrogens (primary N) is 2. The van der Waals surface area contributed by atoms with Crippen molar-refractivity contribution >= 4 is 35.2 Å². The van der Waals surface area contributed by atoms with E-state index in [9.17, 15) is 19.5 Å². The number of amides is 3. The molecule has 0 radical (unpaired) electrons. The molecule has 13 heteroatoms. The standard InChI is InChI=1S/C17H28N8O4S/c1-21-13(26)10(4-2-3-5-22-16(19)20)23-14(27)11-8-30-15(24-11)12-6-9(18)7-25(12)17(28)29/h8-10,12H,2-7,18H2,1H3,(H,21,26)(H,23,27)(H,28,29)(H4,19,20,22)/t9-,10+,12+/m1/s1. The van der Waals surface area contributed by atoms with Crippen molar-refractivity contribution in [2.24, 2.45) is 11.5 Å². The molecule has 1 aliphatic rings. The van der Waals surface area contributed by atoms with Crippen molar-refractivity contribution in [2.75, 3.05) is 20.1 Å². The normalized spacial score (nSPS) is 19.2. The molecule has 0 saturated carbocycles. The van der Waals surface area contributed by atoms with Crippen LogP contribution in [0.25, 0.3) is 0 Å². The average Bonchev–Trinajstić information content (AvgIpc) is 3.32. The molecule has 0 bridgehead atoms. The Kier molecular flexibility index (Phi) is 8.35. The topological polar surface area (TPSA) is 200 Å². The Hall–Kier alpha value is -2.93. The number of carbonyl (C=O) groups is 3. The monoisotopic (exact) mass is 440 g/mol. The summed E-state index contributed by atoms with van der Waals surface area (Å²) >= 11 is 1.19. The molecule has 3 atom stereocenters. The first-order valence-corrected chi connectivity index (χ1v) is 10.4. The van der Waals surface area contributed by atoms with Gasteiger partial charge in [-0.2, -0.15) is 0 Å². The molecular formula is C17H28N8O4S. The zero-order valence-corrected chi connectivity index (χ0v) is 17.5. The van der Waals surface area contributed by atoms with Gasteiger partial charge >= 0.3 is 6.09 Å². The van der Waals surface area contributed by atoms with Crippen molar-refractivity contribution < 1.29 is 19.5 Å². The largest absolute Gasteiger partial charge is 0.465 e. The van der Waals surface area contributed by atoms with Crippen LogP contribution in [0.1, 0.15) is 47.2 Å². The van der Waals surface area contributed by atoms with E-state index in [0.717, 1.165) is 0 Å². The number of nitrogens with one attached hydrogen (secondary N) is 4. The molecule has 1 fully saturated rings. The van der Waals surface area contributed by atoms with E-state index in [-0.39, 0.29) is 30.1 Å². The highest BCUT2D eigenvalue weighted by Gasteiger charge is 2.36. The minimum atomic E-state index is -1.08. The summed E-state index contributed by atoms with van der Waals surface area (Å²) in [6.07, 6.45) is 1.08. The van der Waals surface area contributed by atoms with Crippen molar-refractivity contribution in [3.05, 3.63) is 16.1 Å². The molecular weight excluding hydrogens is 412 g/mol. The lowest BCUT2D eigenvalue weighted by Gasteiger charge is -2.19. The fraction of sp³-hybridized carbons (Fsp3) is 0.588. The van der Waals surface area contributed by atoms with E-state index in [1.54, 1.807) is 5.38 Å². The van der Waals surface area contributed by atoms with Gasteiger partial charge in [0.05, 0.1) is 6.04 Å². The molecule has 0 unspecified atom stereocenters. The number of hydrogen-bond donors (Lipinski definition) is 7. The van der Waals surface area contributed by atoms with Gasteiger partial charge in [0.2, 0.25) is 5.91 Å². The van der Waals surface area contributed by atoms with Gasteiger partial charge in [-0.25, -0.2) is 9.78 Å². The minimum absolute atomic E-state index is 0.116. The molecule has 30 heavy (non-hydrogen) atoms. The number of unbranched alkanes of at least 4 members (excludes halogenated alkanes) is 1. The Morgan fingerprint density at radius 3 is 2.80 bits per heavy atom. The summed E-state index contributed by atoms with van der Waals surface area (Å²) < 4.78 is 0. The number of aromatic nitrogens is 1. The predicted molar refractivity (Wildman–Crippen MR) is 111 cm³/mol. The first-order valence-electron chi connectivity index (χ1n) is 9.53. The second-order valence-corrected chi connectivity index (χ2v) is 7.88. The number of guanidine groups is 1. The van der Waals surface area contributed by atoms with Gasteiger partial charge in [-0.1, -0.05) is 0 Å². The van der Waals surface area contributed by atoms with Crippen molar-refractivity contribution in [3.63, 3.8) is 0 Å². The zero-order chi connectivity index (χ0) is 22.3. The van der Waals surface area contributed by atoms with Crippen molar-refractivity contribution in [2.45, 2.75) is 43.8 Å². The predicted octanol–water partition coefficient (Wildman–Crippen LogP) is -0.607. The first kappa shape index (κ1) is 23.3. The Labute approximate surface area is 177 Å². The summed E-state index contributed by atoms with van der Waals surface area (Å²) in [6.45, 7) is 0.723. The molecule has 1 aliphatic heterocycles. The maximum Gasteiger partial charge on any atom is 0.407 e. The molecule has 9 N–H and O–H groups in total. The summed E-state index contributed by atoms with van der Waals surface area (Å²) in [5.74, 6) is -0.940. The van der Waals surface area contributed by atoms with E-state index in [4.69, 9.17) is 16.9 Å². The molecule has 2 rings (SSSR count). The van der Waals surface area contributed by atoms with Crippen molar-refractivity contribution in [1.82, 2.24) is 25.8 Å². The quantitative estimate of drug-likeness (QED) is 0.150. The number of likely N-dealkylation sites (N-methyl/N-ethyl adjacent to an activating group) is 1. The Morgan fingerprint density at radius 1 is 1.43 bits per heavy atom. The molecule has 0 aromatic carbocycles. The SMILES string of the molecule is CNC(=O)[C@H](CCCCNC(=N)N)NC(=O)c1csc([C@@H]2C[C@@H](N)CN2C(=O)O)n1. The molecule has 166 valence electrons. The molecule has 0 aliphatic carbocycles. The van der Waals surface area contributed by atoms with Crippen LogP contribution in [0.2, 0.25) is 0 Å². The van der Waals surface area contributed by atoms with E-state index in [1.807, 2.05) is 0 Å². The third-order valence-corrected chi connectivity index (χ3v) is 5.67. The molecule has 3 amide bonds. The summed E-state index contributed by atoms with van der Waals surface area (Å²) in [5, 5.41) is 26.4. The summed E-state index contributed by atoms with van der Waals surface area (Å²) in [7, 11) is 1.49. The second kappa shape index (κ2) is 10.7. The van der Waals surface area contributed by atoms with Crippen LogP contribution < -0.4 is 27.4 Å². The average molecular weight is 441 g/mol. The zero-order valence-electron chi connectivity index (χ0n) is 16.7. The maximum absolute atomic E-state index is 12.6. The van der Waals surface area contributed by atoms with Gasteiger partial charge in [0, 0.05) is 31.6 Å². The number of carbonyl (C=O) groups excluding carboxylic acids is 2. The lowest BCUT2D eigenvalue weighted by molar-refractivity contribution is -0.122. The first-order chi connectivity index (χ1) is 14.2. The molecule has 2 heterocycles. The number of carboxylic acid groups (broad SMARTS) is 1. The van der Waals surface area contributed by atoms with Crippen LogP contribution >= 0.6 is 11.3 Å². The number of thiazole rings is 1. The second-order valence-electron chi connectivity index (χ2n) is 6.99. The van der Waals surface area contributed by atoms with E-state index in [2.05, 4.69) is 20.9 Å². The van der Waals surface area contributed by atoms with Gasteiger partial charge < -0.3 is 32.5 Å². The van der Waals surface area contributed by atoms with Gasteiger partial charge in [-0.05, 0) is 25.7 Å². The fourth-order valence-electron chi connectivity index (χ4n) is 3.23. The summed E-state index contributed by atoms with van der Waals surface area (Å²) in [5.41, 5.74) is 11.2. The number of likely N-dealkylation sites (tertiary alicyclic amines) is 1. The maximum atomic E-state index is 12.6. The van der Waals surface area contributed by atoms with Gasteiger partial charge in [0.15, 0.2) is 5.96 Å². The highest BCUT2D eigenvalue weighted by atomic mass is 32.1. The molecule has 1 aromatic rings. The van der Waals surface area contributed by atoms with Crippen LogP contribution in [0.3, 0.4) is 0 Å². The van der Waals surface area contributed by atoms with Gasteiger partial charge in [0.1, 0.15) is 16.7 Å². The summed E-state index contributed by atoms with van der Waals surface area (Å²) in [4.78, 5) is 41.7. The molecule has 0 spiro atoms. The van der Waals surface area contributed by atoms with Crippen LogP contribution in [0.5, 0.6) is 0 Å². The van der Waals surface area contributed by atoms with E-state index >= 15 is 0 Å². The third kappa shape index (κ3) is 6.29. The van der Waals surface area contributed by atoms with E-state index in [1.165, 1.54) is 23.3 Å². The molecule has 12 nitrogen and oxygen atoms in total. The Morgan fingerprint density at radius 2 is 2.17 bits per heavy atom. The fourth-order valence-corrected chi connectivity index (χ4v) is 4.15. The Bertz CT molecular complexity index is 786. The van der Waals surface area contributed by atoms with E-state index in [0.29, 0.717) is 37.2 Å². The minimum Gasteiger partial charge on any atom is -0.465 e. The number of hydrogen-bond acceptors (Lipinski definition) is 7. The van der Waals surface area contributed by atoms with Crippen molar-refractivity contribution in [1.29, 1.82) is 5.41 Å². The van der Waals surface area contributed by atoms with Crippen LogP contribution in [0.15, 0.2) is 5.38 Å². The van der Waals surface area contributed by atoms with Crippen LogP contribution in [-0.2, 0) is 4.79 Å².